The summed E-state index contributed by atoms with van der Waals surface area (Å²) >= 11 is 0. The Morgan fingerprint density at radius 1 is 0.975 bits per heavy atom. The Hall–Kier alpha value is -3.26. The maximum atomic E-state index is 14.5. The van der Waals surface area contributed by atoms with Crippen molar-refractivity contribution in [3.05, 3.63) is 77.2 Å². The van der Waals surface area contributed by atoms with Gasteiger partial charge in [-0.15, -0.1) is 0 Å². The molecule has 0 bridgehead atoms. The number of likely N-dealkylation sites (tertiary alicyclic amines) is 1. The number of ketones is 2. The quantitative estimate of drug-likeness (QED) is 0.247. The van der Waals surface area contributed by atoms with Gasteiger partial charge in [0.25, 0.3) is 0 Å². The van der Waals surface area contributed by atoms with Gasteiger partial charge in [0.2, 0.25) is 0 Å². The van der Waals surface area contributed by atoms with E-state index in [0.717, 1.165) is 25.0 Å². The number of hydrogen-bond donors (Lipinski definition) is 0. The summed E-state index contributed by atoms with van der Waals surface area (Å²) < 4.78 is 47.3. The molecule has 2 fully saturated rings. The summed E-state index contributed by atoms with van der Waals surface area (Å²) in [6.45, 7) is 4.99. The summed E-state index contributed by atoms with van der Waals surface area (Å²) in [6.07, 6.45) is 6.31. The van der Waals surface area contributed by atoms with Gasteiger partial charge in [0, 0.05) is 55.9 Å². The van der Waals surface area contributed by atoms with Crippen molar-refractivity contribution in [2.75, 3.05) is 13.1 Å². The molecule has 0 atom stereocenters. The van der Waals surface area contributed by atoms with Gasteiger partial charge in [-0.1, -0.05) is 56.5 Å². The summed E-state index contributed by atoms with van der Waals surface area (Å²) in [5.74, 6) is -2.13. The highest BCUT2D eigenvalue weighted by Gasteiger charge is 2.48. The molecule has 1 aliphatic heterocycles. The zero-order valence-corrected chi connectivity index (χ0v) is 23.0. The number of benzene rings is 2. The number of Topliss-reactive ketones (excluding diaryl/α,β-unsaturated/α-hetero) is 2. The van der Waals surface area contributed by atoms with Gasteiger partial charge in [-0.3, -0.25) is 14.5 Å². The van der Waals surface area contributed by atoms with E-state index in [4.69, 9.17) is 4.52 Å². The van der Waals surface area contributed by atoms with E-state index in [1.165, 1.54) is 37.5 Å². The van der Waals surface area contributed by atoms with E-state index < -0.39 is 22.5 Å². The normalized spacial score (nSPS) is 17.9. The second-order valence-electron chi connectivity index (χ2n) is 12.3. The van der Waals surface area contributed by atoms with E-state index in [2.05, 4.69) is 10.1 Å². The standard InChI is InChI=1S/C32H35F3N2O3/c1-31(2,25-10-6-7-11-26(25)34)16-23(38)17-32(19-37(20-32)22-8-4-3-5-9-22)18-29(39)28-15-30(40-36-28)24-13-12-21(33)14-27(24)35/h6-7,10-15,22H,3-5,8-9,16-20H2,1-2H3. The summed E-state index contributed by atoms with van der Waals surface area (Å²) in [7, 11) is 0. The van der Waals surface area contributed by atoms with Crippen LogP contribution < -0.4 is 0 Å². The second-order valence-corrected chi connectivity index (χ2v) is 12.3. The minimum atomic E-state index is -0.809. The minimum Gasteiger partial charge on any atom is -0.355 e. The third-order valence-electron chi connectivity index (χ3n) is 8.51. The van der Waals surface area contributed by atoms with Crippen LogP contribution in [-0.2, 0) is 10.2 Å². The number of rotatable bonds is 10. The smallest absolute Gasteiger partial charge is 0.185 e. The van der Waals surface area contributed by atoms with Gasteiger partial charge in [-0.2, -0.15) is 0 Å². The van der Waals surface area contributed by atoms with Crippen molar-refractivity contribution in [3.8, 4) is 11.3 Å². The number of carbonyl (C=O) groups excluding carboxylic acids is 2. The molecular weight excluding hydrogens is 517 g/mol. The largest absolute Gasteiger partial charge is 0.355 e. The van der Waals surface area contributed by atoms with Crippen LogP contribution in [0.15, 0.2) is 53.1 Å². The fourth-order valence-corrected chi connectivity index (χ4v) is 6.54. The van der Waals surface area contributed by atoms with Gasteiger partial charge >= 0.3 is 0 Å². The summed E-state index contributed by atoms with van der Waals surface area (Å²) in [6, 6.07) is 11.4. The molecular formula is C32H35F3N2O3. The minimum absolute atomic E-state index is 0.0142. The average molecular weight is 553 g/mol. The first-order valence-electron chi connectivity index (χ1n) is 14.0. The molecule has 2 aromatic carbocycles. The van der Waals surface area contributed by atoms with Gasteiger partial charge < -0.3 is 4.52 Å². The Morgan fingerprint density at radius 2 is 1.70 bits per heavy atom. The molecule has 0 amide bonds. The third kappa shape index (κ3) is 6.07. The molecule has 3 aromatic rings. The molecule has 1 saturated heterocycles. The predicted molar refractivity (Wildman–Crippen MR) is 145 cm³/mol. The van der Waals surface area contributed by atoms with E-state index >= 15 is 0 Å². The van der Waals surface area contributed by atoms with Crippen molar-refractivity contribution in [1.82, 2.24) is 10.1 Å². The first-order valence-corrected chi connectivity index (χ1v) is 14.0. The van der Waals surface area contributed by atoms with Crippen LogP contribution in [0.2, 0.25) is 0 Å². The van der Waals surface area contributed by atoms with E-state index in [0.29, 0.717) is 24.7 Å². The molecule has 40 heavy (non-hydrogen) atoms. The first kappa shape index (κ1) is 28.3. The molecule has 2 aliphatic rings. The summed E-state index contributed by atoms with van der Waals surface area (Å²) in [5, 5.41) is 3.87. The Balaban J connectivity index is 1.32. The molecule has 8 heteroatoms. The summed E-state index contributed by atoms with van der Waals surface area (Å²) in [4.78, 5) is 29.2. The Bertz CT molecular complexity index is 1390. The lowest BCUT2D eigenvalue weighted by Crippen LogP contribution is -2.61. The lowest BCUT2D eigenvalue weighted by atomic mass is 9.68. The number of aromatic nitrogens is 1. The zero-order chi connectivity index (χ0) is 28.5. The topological polar surface area (TPSA) is 63.4 Å². The van der Waals surface area contributed by atoms with Crippen molar-refractivity contribution < 1.29 is 27.3 Å². The van der Waals surface area contributed by atoms with Crippen LogP contribution in [0.4, 0.5) is 13.2 Å². The molecule has 1 aromatic heterocycles. The third-order valence-corrected chi connectivity index (χ3v) is 8.51. The predicted octanol–water partition coefficient (Wildman–Crippen LogP) is 7.29. The highest BCUT2D eigenvalue weighted by Crippen LogP contribution is 2.43. The van der Waals surface area contributed by atoms with Crippen LogP contribution in [0.5, 0.6) is 0 Å². The second kappa shape index (κ2) is 11.3. The molecule has 2 heterocycles. The maximum Gasteiger partial charge on any atom is 0.185 e. The number of carbonyl (C=O) groups is 2. The SMILES string of the molecule is CC(C)(CC(=O)CC1(CC(=O)c2cc(-c3ccc(F)cc3F)on2)CN(C2CCCCC2)C1)c1ccccc1F. The lowest BCUT2D eigenvalue weighted by Gasteiger charge is -2.54. The Kier molecular flexibility index (Phi) is 8.00. The fourth-order valence-electron chi connectivity index (χ4n) is 6.54. The van der Waals surface area contributed by atoms with Crippen LogP contribution in [0, 0.1) is 22.9 Å². The lowest BCUT2D eigenvalue weighted by molar-refractivity contribution is -0.127. The van der Waals surface area contributed by atoms with Crippen molar-refractivity contribution >= 4 is 11.6 Å². The van der Waals surface area contributed by atoms with Crippen molar-refractivity contribution in [2.24, 2.45) is 5.41 Å². The molecule has 0 spiro atoms. The van der Waals surface area contributed by atoms with Gasteiger partial charge in [-0.05, 0) is 42.0 Å². The average Bonchev–Trinajstić information content (AvgIpc) is 3.37. The van der Waals surface area contributed by atoms with Crippen LogP contribution in [0.1, 0.15) is 81.3 Å². The van der Waals surface area contributed by atoms with Crippen LogP contribution in [0.25, 0.3) is 11.3 Å². The molecule has 5 nitrogen and oxygen atoms in total. The number of halogens is 3. The van der Waals surface area contributed by atoms with Crippen molar-refractivity contribution in [3.63, 3.8) is 0 Å². The van der Waals surface area contributed by atoms with Gasteiger partial charge in [0.05, 0.1) is 5.56 Å². The fraction of sp³-hybridized carbons (Fsp3) is 0.469. The molecule has 1 saturated carbocycles. The molecule has 0 radical (unpaired) electrons. The van der Waals surface area contributed by atoms with Crippen LogP contribution >= 0.6 is 0 Å². The molecule has 5 rings (SSSR count). The number of hydrogen-bond acceptors (Lipinski definition) is 5. The molecule has 0 unspecified atom stereocenters. The highest BCUT2D eigenvalue weighted by molar-refractivity contribution is 5.96. The van der Waals surface area contributed by atoms with Crippen molar-refractivity contribution in [1.29, 1.82) is 0 Å². The van der Waals surface area contributed by atoms with E-state index in [-0.39, 0.29) is 53.7 Å². The van der Waals surface area contributed by atoms with E-state index in [1.54, 1.807) is 18.2 Å². The van der Waals surface area contributed by atoms with Crippen molar-refractivity contribution in [2.45, 2.75) is 76.7 Å². The first-order chi connectivity index (χ1) is 19.1. The Morgan fingerprint density at radius 3 is 2.40 bits per heavy atom. The maximum absolute atomic E-state index is 14.5. The molecule has 1 aliphatic carbocycles. The zero-order valence-electron chi connectivity index (χ0n) is 23.0. The van der Waals surface area contributed by atoms with E-state index in [1.807, 2.05) is 13.8 Å². The van der Waals surface area contributed by atoms with Gasteiger partial charge in [0.1, 0.15) is 28.9 Å². The van der Waals surface area contributed by atoms with E-state index in [9.17, 15) is 22.8 Å². The van der Waals surface area contributed by atoms with Gasteiger partial charge in [0.15, 0.2) is 11.5 Å². The molecule has 0 N–H and O–H groups in total. The van der Waals surface area contributed by atoms with Gasteiger partial charge in [-0.25, -0.2) is 13.2 Å². The molecule has 212 valence electrons. The van der Waals surface area contributed by atoms with Crippen LogP contribution in [0.3, 0.4) is 0 Å². The highest BCUT2D eigenvalue weighted by atomic mass is 19.1. The number of nitrogens with zero attached hydrogens (tertiary/aromatic N) is 2. The Labute approximate surface area is 232 Å². The van der Waals surface area contributed by atoms with Crippen LogP contribution in [-0.4, -0.2) is 40.8 Å². The monoisotopic (exact) mass is 552 g/mol. The summed E-state index contributed by atoms with van der Waals surface area (Å²) in [5.41, 5.74) is -0.694.